The minimum atomic E-state index is 0.164. The van der Waals surface area contributed by atoms with E-state index in [-0.39, 0.29) is 18.4 Å². The number of hydrogen-bond acceptors (Lipinski definition) is 4. The average Bonchev–Trinajstić information content (AvgIpc) is 2.83. The summed E-state index contributed by atoms with van der Waals surface area (Å²) in [6, 6.07) is 3.94. The average molecular weight is 239 g/mol. The van der Waals surface area contributed by atoms with E-state index < -0.39 is 0 Å². The van der Waals surface area contributed by atoms with Gasteiger partial charge in [0.25, 0.3) is 0 Å². The highest BCUT2D eigenvalue weighted by atomic mass is 32.1. The van der Waals surface area contributed by atoms with Crippen LogP contribution in [0.15, 0.2) is 17.5 Å². The molecule has 1 aliphatic rings. The van der Waals surface area contributed by atoms with Gasteiger partial charge in [0.05, 0.1) is 18.0 Å². The molecule has 4 heteroatoms. The molecule has 1 aliphatic heterocycles. The lowest BCUT2D eigenvalue weighted by atomic mass is 10.0. The summed E-state index contributed by atoms with van der Waals surface area (Å²) < 4.78 is 0. The van der Waals surface area contributed by atoms with Gasteiger partial charge in [-0.2, -0.15) is 0 Å². The fourth-order valence-corrected chi connectivity index (χ4v) is 2.83. The van der Waals surface area contributed by atoms with Crippen molar-refractivity contribution in [1.82, 2.24) is 4.90 Å². The number of nitrogens with zero attached hydrogens (tertiary/aromatic N) is 1. The van der Waals surface area contributed by atoms with Crippen molar-refractivity contribution in [1.29, 1.82) is 0 Å². The molecule has 0 saturated carbocycles. The fourth-order valence-electron chi connectivity index (χ4n) is 2.17. The van der Waals surface area contributed by atoms with Gasteiger partial charge in [0.15, 0.2) is 5.78 Å². The van der Waals surface area contributed by atoms with Gasteiger partial charge in [-0.05, 0) is 30.8 Å². The van der Waals surface area contributed by atoms with Crippen LogP contribution in [0.1, 0.15) is 28.9 Å². The summed E-state index contributed by atoms with van der Waals surface area (Å²) in [6.07, 6.45) is 3.30. The number of aliphatic hydroxyl groups excluding tert-OH is 1. The summed E-state index contributed by atoms with van der Waals surface area (Å²) in [5.74, 6) is 0.176. The van der Waals surface area contributed by atoms with Crippen LogP contribution in [0.25, 0.3) is 0 Å². The number of Topliss-reactive ketones (excluding diaryl/α,β-unsaturated/α-hetero) is 1. The Hall–Kier alpha value is -0.710. The minimum Gasteiger partial charge on any atom is -0.395 e. The second-order valence-electron chi connectivity index (χ2n) is 4.20. The van der Waals surface area contributed by atoms with Crippen LogP contribution in [0.4, 0.5) is 0 Å². The van der Waals surface area contributed by atoms with Gasteiger partial charge >= 0.3 is 0 Å². The number of piperidine rings is 1. The molecule has 1 N–H and O–H groups in total. The Balaban J connectivity index is 1.95. The van der Waals surface area contributed by atoms with Crippen LogP contribution >= 0.6 is 11.3 Å². The molecule has 1 aromatic heterocycles. The zero-order valence-electron chi connectivity index (χ0n) is 9.26. The molecule has 3 nitrogen and oxygen atoms in total. The lowest BCUT2D eigenvalue weighted by molar-refractivity contribution is 0.0714. The van der Waals surface area contributed by atoms with Crippen molar-refractivity contribution >= 4 is 17.1 Å². The second-order valence-corrected chi connectivity index (χ2v) is 5.15. The first-order valence-corrected chi connectivity index (χ1v) is 6.61. The number of thiophene rings is 1. The van der Waals surface area contributed by atoms with Crippen LogP contribution in [0, 0.1) is 0 Å². The molecule has 1 saturated heterocycles. The molecule has 1 fully saturated rings. The van der Waals surface area contributed by atoms with Crippen molar-refractivity contribution < 1.29 is 9.90 Å². The standard InChI is InChI=1S/C12H17NO2S/c14-9-10-4-1-2-6-13(10)8-11(15)12-5-3-7-16-12/h3,5,7,10,14H,1-2,4,6,8-9H2/t10-/m1/s1. The number of hydrogen-bond donors (Lipinski definition) is 1. The van der Waals surface area contributed by atoms with Crippen molar-refractivity contribution in [3.05, 3.63) is 22.4 Å². The number of likely N-dealkylation sites (tertiary alicyclic amines) is 1. The first-order chi connectivity index (χ1) is 7.81. The van der Waals surface area contributed by atoms with Crippen LogP contribution in [-0.2, 0) is 0 Å². The largest absolute Gasteiger partial charge is 0.395 e. The Bertz CT molecular complexity index is 337. The number of aliphatic hydroxyl groups is 1. The Morgan fingerprint density at radius 1 is 1.56 bits per heavy atom. The smallest absolute Gasteiger partial charge is 0.186 e. The third-order valence-corrected chi connectivity index (χ3v) is 4.01. The van der Waals surface area contributed by atoms with E-state index in [0.29, 0.717) is 6.54 Å². The van der Waals surface area contributed by atoms with Gasteiger partial charge in [0, 0.05) is 6.04 Å². The van der Waals surface area contributed by atoms with E-state index >= 15 is 0 Å². The molecule has 0 aliphatic carbocycles. The molecule has 88 valence electrons. The summed E-state index contributed by atoms with van der Waals surface area (Å²) >= 11 is 1.49. The molecule has 2 heterocycles. The van der Waals surface area contributed by atoms with Crippen LogP contribution in [0.2, 0.25) is 0 Å². The molecule has 1 atom stereocenters. The monoisotopic (exact) mass is 239 g/mol. The number of carbonyl (C=O) groups excluding carboxylic acids is 1. The molecular weight excluding hydrogens is 222 g/mol. The summed E-state index contributed by atoms with van der Waals surface area (Å²) in [4.78, 5) is 14.9. The lowest BCUT2D eigenvalue weighted by Crippen LogP contribution is -2.44. The van der Waals surface area contributed by atoms with E-state index in [1.165, 1.54) is 11.3 Å². The Morgan fingerprint density at radius 3 is 3.12 bits per heavy atom. The number of carbonyl (C=O) groups is 1. The quantitative estimate of drug-likeness (QED) is 0.814. The third kappa shape index (κ3) is 2.70. The second kappa shape index (κ2) is 5.57. The highest BCUT2D eigenvalue weighted by molar-refractivity contribution is 7.12. The minimum absolute atomic E-state index is 0.164. The van der Waals surface area contributed by atoms with Crippen LogP contribution < -0.4 is 0 Å². The highest BCUT2D eigenvalue weighted by Gasteiger charge is 2.23. The molecule has 0 radical (unpaired) electrons. The van der Waals surface area contributed by atoms with E-state index in [1.807, 2.05) is 17.5 Å². The lowest BCUT2D eigenvalue weighted by Gasteiger charge is -2.33. The molecule has 0 amide bonds. The first kappa shape index (κ1) is 11.8. The van der Waals surface area contributed by atoms with E-state index in [1.54, 1.807) is 0 Å². The predicted molar refractivity (Wildman–Crippen MR) is 64.9 cm³/mol. The molecule has 16 heavy (non-hydrogen) atoms. The van der Waals surface area contributed by atoms with Gasteiger partial charge in [-0.3, -0.25) is 9.69 Å². The van der Waals surface area contributed by atoms with E-state index in [2.05, 4.69) is 4.90 Å². The van der Waals surface area contributed by atoms with Crippen molar-refractivity contribution in [3.8, 4) is 0 Å². The maximum atomic E-state index is 11.9. The summed E-state index contributed by atoms with van der Waals surface area (Å²) in [6.45, 7) is 1.55. The Labute approximate surface area is 99.7 Å². The molecule has 2 rings (SSSR count). The maximum Gasteiger partial charge on any atom is 0.186 e. The van der Waals surface area contributed by atoms with Crippen LogP contribution in [0.5, 0.6) is 0 Å². The van der Waals surface area contributed by atoms with Crippen LogP contribution in [0.3, 0.4) is 0 Å². The van der Waals surface area contributed by atoms with Crippen molar-refractivity contribution in [3.63, 3.8) is 0 Å². The SMILES string of the molecule is O=C(CN1CCCC[C@@H]1CO)c1cccs1. The van der Waals surface area contributed by atoms with Gasteiger partial charge in [-0.15, -0.1) is 11.3 Å². The Kier molecular flexibility index (Phi) is 4.09. The summed E-state index contributed by atoms with van der Waals surface area (Å²) in [7, 11) is 0. The van der Waals surface area contributed by atoms with Gasteiger partial charge < -0.3 is 5.11 Å². The first-order valence-electron chi connectivity index (χ1n) is 5.73. The van der Waals surface area contributed by atoms with Gasteiger partial charge in [0.2, 0.25) is 0 Å². The molecular formula is C12H17NO2S. The summed E-state index contributed by atoms with van der Waals surface area (Å²) in [5, 5.41) is 11.2. The summed E-state index contributed by atoms with van der Waals surface area (Å²) in [5.41, 5.74) is 0. The highest BCUT2D eigenvalue weighted by Crippen LogP contribution is 2.18. The number of ketones is 1. The molecule has 0 spiro atoms. The topological polar surface area (TPSA) is 40.5 Å². The van der Waals surface area contributed by atoms with Gasteiger partial charge in [0.1, 0.15) is 0 Å². The fraction of sp³-hybridized carbons (Fsp3) is 0.583. The zero-order chi connectivity index (χ0) is 11.4. The zero-order valence-corrected chi connectivity index (χ0v) is 10.1. The Morgan fingerprint density at radius 2 is 2.44 bits per heavy atom. The molecule has 0 bridgehead atoms. The van der Waals surface area contributed by atoms with Gasteiger partial charge in [-0.1, -0.05) is 12.5 Å². The number of rotatable bonds is 4. The van der Waals surface area contributed by atoms with Crippen molar-refractivity contribution in [2.45, 2.75) is 25.3 Å². The van der Waals surface area contributed by atoms with Crippen LogP contribution in [-0.4, -0.2) is 41.5 Å². The molecule has 0 aromatic carbocycles. The normalized spacial score (nSPS) is 22.2. The van der Waals surface area contributed by atoms with Gasteiger partial charge in [-0.25, -0.2) is 0 Å². The van der Waals surface area contributed by atoms with E-state index in [9.17, 15) is 9.90 Å². The van der Waals surface area contributed by atoms with E-state index in [4.69, 9.17) is 0 Å². The van der Waals surface area contributed by atoms with E-state index in [0.717, 1.165) is 30.7 Å². The third-order valence-electron chi connectivity index (χ3n) is 3.10. The van der Waals surface area contributed by atoms with Crippen molar-refractivity contribution in [2.75, 3.05) is 19.7 Å². The molecule has 0 unspecified atom stereocenters. The predicted octanol–water partition coefficient (Wildman–Crippen LogP) is 1.78. The maximum absolute atomic E-state index is 11.9. The molecule has 1 aromatic rings. The van der Waals surface area contributed by atoms with Crippen molar-refractivity contribution in [2.24, 2.45) is 0 Å².